The molecule has 1 aliphatic rings. The molecular weight excluding hydrogens is 568 g/mol. The van der Waals surface area contributed by atoms with E-state index in [1.807, 2.05) is 32.1 Å². The molecule has 0 saturated carbocycles. The third kappa shape index (κ3) is 11.9. The first-order valence-corrected chi connectivity index (χ1v) is 14.8. The first kappa shape index (κ1) is 34.4. The molecule has 0 amide bonds. The molecule has 1 aliphatic heterocycles. The van der Waals surface area contributed by atoms with E-state index in [0.717, 1.165) is 33.0 Å². The first-order valence-electron chi connectivity index (χ1n) is 13.1. The number of hydrogen-bond donors (Lipinski definition) is 0. The zero-order valence-electron chi connectivity index (χ0n) is 23.7. The normalized spacial score (nSPS) is 12.7. The molecular formula is C29H36N2O8S2. The summed E-state index contributed by atoms with van der Waals surface area (Å²) in [6, 6.07) is 5.95. The Morgan fingerprint density at radius 3 is 2.10 bits per heavy atom. The minimum atomic E-state index is -0.552. The Labute approximate surface area is 249 Å². The van der Waals surface area contributed by atoms with Gasteiger partial charge >= 0.3 is 5.97 Å². The van der Waals surface area contributed by atoms with Gasteiger partial charge < -0.3 is 33.2 Å². The fourth-order valence-electron chi connectivity index (χ4n) is 3.51. The molecule has 0 spiro atoms. The Balaban J connectivity index is 1.57. The zero-order chi connectivity index (χ0) is 30.0. The SMILES string of the molecule is C=C(C)C(=O)OCCOCCOCCOCCOC(C=O)CCCOc1c(C)cc(C)c2c1SC(=C(C#N)C#N)S2. The molecule has 2 rings (SSSR count). The monoisotopic (exact) mass is 604 g/mol. The Bertz CT molecular complexity index is 1160. The fraction of sp³-hybridized carbons (Fsp3) is 0.517. The summed E-state index contributed by atoms with van der Waals surface area (Å²) in [6.07, 6.45) is 1.35. The number of benzene rings is 1. The maximum absolute atomic E-state index is 11.4. The molecule has 0 saturated heterocycles. The molecule has 12 heteroatoms. The van der Waals surface area contributed by atoms with Crippen molar-refractivity contribution in [2.45, 2.75) is 49.5 Å². The number of carbonyl (C=O) groups excluding carboxylic acids is 2. The summed E-state index contributed by atoms with van der Waals surface area (Å²) in [4.78, 5) is 24.6. The van der Waals surface area contributed by atoms with Crippen molar-refractivity contribution < 1.29 is 38.0 Å². The van der Waals surface area contributed by atoms with Crippen molar-refractivity contribution in [2.24, 2.45) is 0 Å². The van der Waals surface area contributed by atoms with Gasteiger partial charge in [0.1, 0.15) is 42.5 Å². The average Bonchev–Trinajstić information content (AvgIpc) is 3.39. The number of esters is 1. The average molecular weight is 605 g/mol. The van der Waals surface area contributed by atoms with E-state index < -0.39 is 12.1 Å². The third-order valence-electron chi connectivity index (χ3n) is 5.52. The van der Waals surface area contributed by atoms with Crippen LogP contribution in [0, 0.1) is 36.5 Å². The summed E-state index contributed by atoms with van der Waals surface area (Å²) in [5.74, 6) is 0.306. The molecule has 0 N–H and O–H groups in total. The largest absolute Gasteiger partial charge is 0.492 e. The third-order valence-corrected chi connectivity index (χ3v) is 8.26. The van der Waals surface area contributed by atoms with Gasteiger partial charge in [-0.15, -0.1) is 0 Å². The van der Waals surface area contributed by atoms with E-state index in [4.69, 9.17) is 28.4 Å². The van der Waals surface area contributed by atoms with Crippen LogP contribution in [-0.2, 0) is 33.3 Å². The van der Waals surface area contributed by atoms with Gasteiger partial charge in [-0.2, -0.15) is 10.5 Å². The van der Waals surface area contributed by atoms with Gasteiger partial charge in [-0.25, -0.2) is 4.79 Å². The number of allylic oxidation sites excluding steroid dienone is 1. The topological polar surface area (TPSA) is 137 Å². The van der Waals surface area contributed by atoms with Crippen molar-refractivity contribution >= 4 is 35.8 Å². The number of nitriles is 2. The quantitative estimate of drug-likeness (QED) is 0.0672. The van der Waals surface area contributed by atoms with Crippen LogP contribution in [0.25, 0.3) is 0 Å². The molecule has 0 bridgehead atoms. The lowest BCUT2D eigenvalue weighted by Crippen LogP contribution is -2.19. The molecule has 0 fully saturated rings. The Hall–Kier alpha value is -2.84. The van der Waals surface area contributed by atoms with E-state index in [9.17, 15) is 20.1 Å². The highest BCUT2D eigenvalue weighted by Gasteiger charge is 2.28. The van der Waals surface area contributed by atoms with Crippen molar-refractivity contribution in [3.63, 3.8) is 0 Å². The van der Waals surface area contributed by atoms with Crippen LogP contribution in [0.5, 0.6) is 5.75 Å². The van der Waals surface area contributed by atoms with Crippen molar-refractivity contribution in [1.29, 1.82) is 10.5 Å². The second-order valence-corrected chi connectivity index (χ2v) is 11.2. The van der Waals surface area contributed by atoms with Crippen LogP contribution in [0.2, 0.25) is 0 Å². The molecule has 1 atom stereocenters. The molecule has 0 aromatic heterocycles. The number of aryl methyl sites for hydroxylation is 2. The van der Waals surface area contributed by atoms with E-state index in [0.29, 0.717) is 62.3 Å². The van der Waals surface area contributed by atoms with E-state index in [1.54, 1.807) is 6.92 Å². The predicted molar refractivity (Wildman–Crippen MR) is 155 cm³/mol. The highest BCUT2D eigenvalue weighted by Crippen LogP contribution is 2.57. The number of nitrogens with zero attached hydrogens (tertiary/aromatic N) is 2. The van der Waals surface area contributed by atoms with Gasteiger partial charge in [0.05, 0.1) is 62.0 Å². The number of fused-ring (bicyclic) bond motifs is 1. The lowest BCUT2D eigenvalue weighted by atomic mass is 10.1. The predicted octanol–water partition coefficient (Wildman–Crippen LogP) is 4.67. The molecule has 222 valence electrons. The number of rotatable bonds is 20. The molecule has 0 aliphatic carbocycles. The van der Waals surface area contributed by atoms with Gasteiger partial charge in [-0.05, 0) is 44.7 Å². The number of carbonyl (C=O) groups is 2. The Kier molecular flexibility index (Phi) is 16.2. The second kappa shape index (κ2) is 19.3. The fourth-order valence-corrected chi connectivity index (χ4v) is 6.15. The number of ether oxygens (including phenoxy) is 6. The van der Waals surface area contributed by atoms with E-state index >= 15 is 0 Å². The molecule has 41 heavy (non-hydrogen) atoms. The molecule has 0 radical (unpaired) electrons. The van der Waals surface area contributed by atoms with Crippen LogP contribution >= 0.6 is 23.5 Å². The van der Waals surface area contributed by atoms with Gasteiger partial charge in [0.2, 0.25) is 0 Å². The van der Waals surface area contributed by atoms with Crippen molar-refractivity contribution in [2.75, 3.05) is 59.5 Å². The standard InChI is InChI=1S/C29H36N2O8S2/c1-20(2)28(33)39-15-13-36-11-9-34-8-10-35-12-14-37-24(19-32)6-5-7-38-25-21(3)16-22(4)26-27(25)41-29(40-26)23(17-30)18-31/h16,19,24H,1,5-15H2,2-4H3. The maximum atomic E-state index is 11.4. The summed E-state index contributed by atoms with van der Waals surface area (Å²) < 4.78 is 33.5. The highest BCUT2D eigenvalue weighted by molar-refractivity contribution is 8.24. The molecule has 1 aromatic carbocycles. The van der Waals surface area contributed by atoms with Crippen LogP contribution in [0.1, 0.15) is 30.9 Å². The summed E-state index contributed by atoms with van der Waals surface area (Å²) in [7, 11) is 0. The molecule has 1 aromatic rings. The summed E-state index contributed by atoms with van der Waals surface area (Å²) in [6.45, 7) is 12.1. The van der Waals surface area contributed by atoms with Crippen molar-refractivity contribution in [3.8, 4) is 17.9 Å². The van der Waals surface area contributed by atoms with Crippen molar-refractivity contribution in [1.82, 2.24) is 0 Å². The van der Waals surface area contributed by atoms with Crippen LogP contribution in [-0.4, -0.2) is 77.8 Å². The summed E-state index contributed by atoms with van der Waals surface area (Å²) in [5, 5.41) is 18.5. The number of hydrogen-bond acceptors (Lipinski definition) is 12. The van der Waals surface area contributed by atoms with E-state index in [1.165, 1.54) is 23.5 Å². The van der Waals surface area contributed by atoms with Crippen LogP contribution < -0.4 is 4.74 Å². The van der Waals surface area contributed by atoms with E-state index in [-0.39, 0.29) is 25.4 Å². The molecule has 10 nitrogen and oxygen atoms in total. The molecule has 1 unspecified atom stereocenters. The Morgan fingerprint density at radius 1 is 0.927 bits per heavy atom. The van der Waals surface area contributed by atoms with E-state index in [2.05, 4.69) is 6.58 Å². The summed E-state index contributed by atoms with van der Waals surface area (Å²) >= 11 is 2.81. The molecule has 1 heterocycles. The minimum Gasteiger partial charge on any atom is -0.492 e. The van der Waals surface area contributed by atoms with Crippen LogP contribution in [0.15, 0.2) is 37.8 Å². The number of aldehydes is 1. The first-order chi connectivity index (χ1) is 19.8. The smallest absolute Gasteiger partial charge is 0.333 e. The number of thioether (sulfide) groups is 2. The second-order valence-electron chi connectivity index (χ2n) is 8.88. The van der Waals surface area contributed by atoms with Crippen LogP contribution in [0.3, 0.4) is 0 Å². The maximum Gasteiger partial charge on any atom is 0.333 e. The van der Waals surface area contributed by atoms with Gasteiger partial charge in [0.25, 0.3) is 0 Å². The minimum absolute atomic E-state index is 0.101. The zero-order valence-corrected chi connectivity index (χ0v) is 25.3. The van der Waals surface area contributed by atoms with Gasteiger partial charge in [0, 0.05) is 10.5 Å². The summed E-state index contributed by atoms with van der Waals surface area (Å²) in [5.41, 5.74) is 2.50. The van der Waals surface area contributed by atoms with Gasteiger partial charge in [-0.3, -0.25) is 0 Å². The Morgan fingerprint density at radius 2 is 1.51 bits per heavy atom. The lowest BCUT2D eigenvalue weighted by molar-refractivity contribution is -0.140. The highest BCUT2D eigenvalue weighted by atomic mass is 32.2. The van der Waals surface area contributed by atoms with Gasteiger partial charge in [-0.1, -0.05) is 36.2 Å². The van der Waals surface area contributed by atoms with Gasteiger partial charge in [0.15, 0.2) is 0 Å². The van der Waals surface area contributed by atoms with Crippen molar-refractivity contribution in [3.05, 3.63) is 39.2 Å². The lowest BCUT2D eigenvalue weighted by Gasteiger charge is -2.16. The van der Waals surface area contributed by atoms with Crippen LogP contribution in [0.4, 0.5) is 0 Å².